The highest BCUT2D eigenvalue weighted by atomic mass is 16.6. The molecule has 3 aromatic rings. The van der Waals surface area contributed by atoms with Gasteiger partial charge >= 0.3 is 12.1 Å². The number of carbonyl (C=O) groups is 2. The first kappa shape index (κ1) is 21.0. The Balaban J connectivity index is 1.32. The zero-order chi connectivity index (χ0) is 23.2. The fourth-order valence-corrected chi connectivity index (χ4v) is 3.97. The van der Waals surface area contributed by atoms with E-state index in [0.717, 1.165) is 35.1 Å². The van der Waals surface area contributed by atoms with Gasteiger partial charge in [-0.05, 0) is 49.3 Å². The number of hydrogen-bond acceptors (Lipinski definition) is 5. The van der Waals surface area contributed by atoms with E-state index in [-0.39, 0.29) is 6.10 Å². The third kappa shape index (κ3) is 4.02. The number of amides is 1. The molecule has 0 bridgehead atoms. The fourth-order valence-electron chi connectivity index (χ4n) is 3.97. The lowest BCUT2D eigenvalue weighted by Gasteiger charge is -2.13. The number of aryl methyl sites for hydroxylation is 1. The van der Waals surface area contributed by atoms with E-state index in [9.17, 15) is 14.7 Å². The first-order valence-corrected chi connectivity index (χ1v) is 11.0. The van der Waals surface area contributed by atoms with Crippen molar-refractivity contribution in [2.24, 2.45) is 5.92 Å². The van der Waals surface area contributed by atoms with E-state index in [1.807, 2.05) is 55.5 Å². The van der Waals surface area contributed by atoms with Gasteiger partial charge in [-0.3, -0.25) is 10.1 Å². The van der Waals surface area contributed by atoms with E-state index in [1.165, 1.54) is 0 Å². The van der Waals surface area contributed by atoms with Crippen LogP contribution >= 0.6 is 0 Å². The zero-order valence-electron chi connectivity index (χ0n) is 18.4. The van der Waals surface area contributed by atoms with Crippen LogP contribution in [0.15, 0.2) is 65.2 Å². The van der Waals surface area contributed by atoms with Crippen LogP contribution in [0.4, 0.5) is 10.5 Å². The quantitative estimate of drug-likeness (QED) is 0.463. The third-order valence-electron chi connectivity index (χ3n) is 6.37. The van der Waals surface area contributed by atoms with Crippen LogP contribution in [0, 0.1) is 12.8 Å². The van der Waals surface area contributed by atoms with E-state index in [0.29, 0.717) is 23.1 Å². The van der Waals surface area contributed by atoms with Crippen LogP contribution in [0.3, 0.4) is 0 Å². The number of aromatic nitrogens is 1. The second-order valence-electron chi connectivity index (χ2n) is 8.71. The Morgan fingerprint density at radius 3 is 2.18 bits per heavy atom. The summed E-state index contributed by atoms with van der Waals surface area (Å²) in [6.45, 7) is 3.67. The molecule has 2 N–H and O–H groups in total. The van der Waals surface area contributed by atoms with Gasteiger partial charge in [-0.25, -0.2) is 4.79 Å². The molecule has 33 heavy (non-hydrogen) atoms. The molecule has 1 unspecified atom stereocenters. The molecule has 0 spiro atoms. The maximum absolute atomic E-state index is 12.3. The molecule has 0 saturated heterocycles. The Hall–Kier alpha value is -3.87. The van der Waals surface area contributed by atoms with E-state index < -0.39 is 17.5 Å². The maximum Gasteiger partial charge on any atom is 0.412 e. The van der Waals surface area contributed by atoms with Crippen LogP contribution in [0.5, 0.6) is 0 Å². The molecule has 1 aromatic heterocycles. The number of anilines is 1. The van der Waals surface area contributed by atoms with Gasteiger partial charge < -0.3 is 14.4 Å². The SMILES string of the molecule is Cc1noc(-c2ccc(-c3ccc(C4(C(=O)O)C=C4)cc3)cc2)c1NC(=O)OC(C)C1CC1. The molecule has 7 heteroatoms. The topological polar surface area (TPSA) is 102 Å². The maximum atomic E-state index is 12.3. The zero-order valence-corrected chi connectivity index (χ0v) is 18.4. The number of benzene rings is 2. The summed E-state index contributed by atoms with van der Waals surface area (Å²) in [4.78, 5) is 23.8. The van der Waals surface area contributed by atoms with Crippen LogP contribution < -0.4 is 5.32 Å². The lowest BCUT2D eigenvalue weighted by Crippen LogP contribution is -2.21. The highest BCUT2D eigenvalue weighted by Gasteiger charge is 2.44. The molecule has 0 radical (unpaired) electrons. The minimum Gasteiger partial charge on any atom is -0.480 e. The van der Waals surface area contributed by atoms with Crippen LogP contribution in [-0.4, -0.2) is 28.4 Å². The molecule has 0 aliphatic heterocycles. The highest BCUT2D eigenvalue weighted by Crippen LogP contribution is 2.40. The normalized spacial score (nSPS) is 16.8. The van der Waals surface area contributed by atoms with Crippen molar-refractivity contribution < 1.29 is 24.0 Å². The molecule has 7 nitrogen and oxygen atoms in total. The summed E-state index contributed by atoms with van der Waals surface area (Å²) in [6.07, 6.45) is 4.94. The average Bonchev–Trinajstić information content (AvgIpc) is 3.73. The number of rotatable bonds is 7. The van der Waals surface area contributed by atoms with Gasteiger partial charge in [-0.15, -0.1) is 0 Å². The summed E-state index contributed by atoms with van der Waals surface area (Å²) in [5.41, 5.74) is 3.57. The summed E-state index contributed by atoms with van der Waals surface area (Å²) in [6, 6.07) is 15.2. The Morgan fingerprint density at radius 2 is 1.64 bits per heavy atom. The lowest BCUT2D eigenvalue weighted by molar-refractivity contribution is -0.139. The van der Waals surface area contributed by atoms with Crippen molar-refractivity contribution >= 4 is 17.7 Å². The lowest BCUT2D eigenvalue weighted by atomic mass is 9.92. The van der Waals surface area contributed by atoms with Crippen molar-refractivity contribution in [3.05, 3.63) is 71.9 Å². The predicted molar refractivity (Wildman–Crippen MR) is 123 cm³/mol. The second-order valence-corrected chi connectivity index (χ2v) is 8.71. The number of nitrogens with zero attached hydrogens (tertiary/aromatic N) is 1. The smallest absolute Gasteiger partial charge is 0.412 e. The van der Waals surface area contributed by atoms with Crippen molar-refractivity contribution in [1.82, 2.24) is 5.16 Å². The number of hydrogen-bond donors (Lipinski definition) is 2. The summed E-state index contributed by atoms with van der Waals surface area (Å²) in [7, 11) is 0. The van der Waals surface area contributed by atoms with Gasteiger partial charge in [-0.2, -0.15) is 0 Å². The van der Waals surface area contributed by atoms with Crippen molar-refractivity contribution in [1.29, 1.82) is 0 Å². The summed E-state index contributed by atoms with van der Waals surface area (Å²) < 4.78 is 11.0. The third-order valence-corrected chi connectivity index (χ3v) is 6.37. The fraction of sp³-hybridized carbons (Fsp3) is 0.269. The van der Waals surface area contributed by atoms with Crippen LogP contribution in [0.2, 0.25) is 0 Å². The van der Waals surface area contributed by atoms with Crippen molar-refractivity contribution in [2.45, 2.75) is 38.2 Å². The van der Waals surface area contributed by atoms with Crippen molar-refractivity contribution in [3.63, 3.8) is 0 Å². The monoisotopic (exact) mass is 444 g/mol. The highest BCUT2D eigenvalue weighted by molar-refractivity contribution is 5.92. The second kappa shape index (κ2) is 7.92. The van der Waals surface area contributed by atoms with Gasteiger partial charge in [0.25, 0.3) is 0 Å². The number of ether oxygens (including phenoxy) is 1. The molecule has 168 valence electrons. The van der Waals surface area contributed by atoms with E-state index in [1.54, 1.807) is 19.1 Å². The van der Waals surface area contributed by atoms with Gasteiger partial charge in [0, 0.05) is 5.56 Å². The molecule has 1 heterocycles. The molecule has 5 rings (SSSR count). The first-order chi connectivity index (χ1) is 15.9. The Kier molecular flexibility index (Phi) is 5.04. The Labute approximate surface area is 191 Å². The molecular weight excluding hydrogens is 420 g/mol. The molecule has 1 saturated carbocycles. The molecule has 2 aromatic carbocycles. The molecule has 1 amide bonds. The molecule has 1 atom stereocenters. The molecule has 2 aliphatic rings. The van der Waals surface area contributed by atoms with Gasteiger partial charge in [0.15, 0.2) is 5.76 Å². The van der Waals surface area contributed by atoms with Gasteiger partial charge in [0.05, 0.1) is 0 Å². The standard InChI is InChI=1S/C26H24N2O5/c1-15-22(27-25(31)32-16(2)17-3-4-17)23(33-28-15)20-7-5-18(6-8-20)19-9-11-21(12-10-19)26(13-14-26)24(29)30/h5-14,16-17H,3-4H2,1-2H3,(H,27,31)(H,29,30). The Bertz CT molecular complexity index is 1230. The summed E-state index contributed by atoms with van der Waals surface area (Å²) in [5, 5.41) is 16.2. The molecule has 2 aliphatic carbocycles. The predicted octanol–water partition coefficient (Wildman–Crippen LogP) is 5.56. The largest absolute Gasteiger partial charge is 0.480 e. The molecular formula is C26H24N2O5. The number of carbonyl (C=O) groups excluding carboxylic acids is 1. The first-order valence-electron chi connectivity index (χ1n) is 11.0. The number of carboxylic acids is 1. The average molecular weight is 444 g/mol. The van der Waals surface area contributed by atoms with Gasteiger partial charge in [-0.1, -0.05) is 65.8 Å². The van der Waals surface area contributed by atoms with Crippen LogP contribution in [0.25, 0.3) is 22.5 Å². The minimum atomic E-state index is -0.951. The summed E-state index contributed by atoms with van der Waals surface area (Å²) >= 11 is 0. The minimum absolute atomic E-state index is 0.111. The van der Waals surface area contributed by atoms with E-state index in [4.69, 9.17) is 9.26 Å². The van der Waals surface area contributed by atoms with Crippen molar-refractivity contribution in [3.8, 4) is 22.5 Å². The number of carboxylic acid groups (broad SMARTS) is 1. The number of nitrogens with one attached hydrogen (secondary N) is 1. The summed E-state index contributed by atoms with van der Waals surface area (Å²) in [5.74, 6) is 0.0569. The van der Waals surface area contributed by atoms with Gasteiger partial charge in [0.1, 0.15) is 22.9 Å². The van der Waals surface area contributed by atoms with Crippen LogP contribution in [0.1, 0.15) is 31.0 Å². The molecule has 1 fully saturated rings. The van der Waals surface area contributed by atoms with Crippen molar-refractivity contribution in [2.75, 3.05) is 5.32 Å². The van der Waals surface area contributed by atoms with E-state index in [2.05, 4.69) is 10.5 Å². The van der Waals surface area contributed by atoms with E-state index >= 15 is 0 Å². The Morgan fingerprint density at radius 1 is 1.06 bits per heavy atom. The number of aliphatic carboxylic acids is 1. The van der Waals surface area contributed by atoms with Gasteiger partial charge in [0.2, 0.25) is 0 Å². The van der Waals surface area contributed by atoms with Crippen LogP contribution in [-0.2, 0) is 14.9 Å².